The molecule has 1 heterocycles. The molecule has 0 saturated carbocycles. The van der Waals surface area contributed by atoms with Crippen molar-refractivity contribution >= 4 is 41.0 Å². The molecule has 1 fully saturated rings. The summed E-state index contributed by atoms with van der Waals surface area (Å²) in [6.45, 7) is 1.93. The summed E-state index contributed by atoms with van der Waals surface area (Å²) >= 11 is 13.1. The fourth-order valence-corrected chi connectivity index (χ4v) is 5.86. The van der Waals surface area contributed by atoms with Crippen molar-refractivity contribution in [1.82, 2.24) is 5.32 Å². The molecule has 0 bridgehead atoms. The quantitative estimate of drug-likeness (QED) is 0.358. The number of carboxylic acid groups (broad SMARTS) is 1. The Labute approximate surface area is 226 Å². The molecular formula is C29H28Cl2N2O4. The van der Waals surface area contributed by atoms with Gasteiger partial charge in [0.15, 0.2) is 0 Å². The first-order valence-electron chi connectivity index (χ1n) is 12.5. The number of halogens is 2. The lowest BCUT2D eigenvalue weighted by atomic mass is 9.98. The topological polar surface area (TPSA) is 78.9 Å². The summed E-state index contributed by atoms with van der Waals surface area (Å²) in [4.78, 5) is 26.9. The van der Waals surface area contributed by atoms with E-state index in [0.717, 1.165) is 53.9 Å². The van der Waals surface area contributed by atoms with Gasteiger partial charge >= 0.3 is 12.1 Å². The highest BCUT2D eigenvalue weighted by Gasteiger charge is 2.30. The molecule has 8 heteroatoms. The molecule has 5 rings (SSSR count). The van der Waals surface area contributed by atoms with Gasteiger partial charge in [-0.1, -0.05) is 77.8 Å². The number of carboxylic acids is 1. The summed E-state index contributed by atoms with van der Waals surface area (Å²) in [5.41, 5.74) is 5.82. The van der Waals surface area contributed by atoms with Gasteiger partial charge in [-0.3, -0.25) is 0 Å². The van der Waals surface area contributed by atoms with Crippen LogP contribution in [0.25, 0.3) is 11.1 Å². The average molecular weight is 539 g/mol. The van der Waals surface area contributed by atoms with Crippen LogP contribution in [-0.2, 0) is 16.0 Å². The number of fused-ring (bicyclic) bond motifs is 3. The molecule has 1 unspecified atom stereocenters. The van der Waals surface area contributed by atoms with Crippen LogP contribution in [-0.4, -0.2) is 42.9 Å². The lowest BCUT2D eigenvalue weighted by Crippen LogP contribution is -2.43. The summed E-state index contributed by atoms with van der Waals surface area (Å²) in [5, 5.41) is 13.0. The van der Waals surface area contributed by atoms with Crippen molar-refractivity contribution < 1.29 is 19.4 Å². The maximum absolute atomic E-state index is 12.7. The van der Waals surface area contributed by atoms with Crippen LogP contribution in [0.4, 0.5) is 10.5 Å². The Hall–Kier alpha value is -3.22. The summed E-state index contributed by atoms with van der Waals surface area (Å²) < 4.78 is 5.53. The van der Waals surface area contributed by atoms with Gasteiger partial charge in [-0.05, 0) is 53.1 Å². The summed E-state index contributed by atoms with van der Waals surface area (Å²) in [7, 11) is 0. The Morgan fingerprint density at radius 2 is 1.54 bits per heavy atom. The molecule has 1 aliphatic heterocycles. The molecule has 0 aromatic heterocycles. The van der Waals surface area contributed by atoms with Crippen LogP contribution < -0.4 is 10.2 Å². The lowest BCUT2D eigenvalue weighted by Gasteiger charge is -2.30. The number of alkyl carbamates (subject to hydrolysis) is 1. The van der Waals surface area contributed by atoms with E-state index in [1.54, 1.807) is 6.07 Å². The van der Waals surface area contributed by atoms with Gasteiger partial charge in [0.2, 0.25) is 0 Å². The Bertz CT molecular complexity index is 1280. The van der Waals surface area contributed by atoms with Crippen molar-refractivity contribution in [2.45, 2.75) is 37.6 Å². The molecule has 1 saturated heterocycles. The minimum absolute atomic E-state index is 0.0155. The Kier molecular flexibility index (Phi) is 7.58. The van der Waals surface area contributed by atoms with Crippen LogP contribution >= 0.6 is 23.2 Å². The van der Waals surface area contributed by atoms with Crippen LogP contribution in [0.3, 0.4) is 0 Å². The van der Waals surface area contributed by atoms with E-state index in [2.05, 4.69) is 22.3 Å². The second kappa shape index (κ2) is 11.0. The zero-order valence-corrected chi connectivity index (χ0v) is 21.8. The molecule has 1 aliphatic carbocycles. The van der Waals surface area contributed by atoms with E-state index in [1.165, 1.54) is 6.42 Å². The minimum Gasteiger partial charge on any atom is -0.480 e. The number of hydrogen-bond acceptors (Lipinski definition) is 4. The van der Waals surface area contributed by atoms with E-state index < -0.39 is 18.1 Å². The minimum atomic E-state index is -1.22. The van der Waals surface area contributed by atoms with Gasteiger partial charge in [0.05, 0.1) is 15.7 Å². The third-order valence-electron chi connectivity index (χ3n) is 7.20. The Balaban J connectivity index is 1.25. The fraction of sp³-hybridized carbons (Fsp3) is 0.310. The van der Waals surface area contributed by atoms with Crippen molar-refractivity contribution in [3.8, 4) is 11.1 Å². The fourth-order valence-electron chi connectivity index (χ4n) is 5.32. The number of carbonyl (C=O) groups is 2. The number of rotatable bonds is 7. The van der Waals surface area contributed by atoms with Gasteiger partial charge in [0.1, 0.15) is 12.6 Å². The number of carbonyl (C=O) groups excluding carboxylic acids is 1. The molecular weight excluding hydrogens is 511 g/mol. The van der Waals surface area contributed by atoms with E-state index in [-0.39, 0.29) is 18.9 Å². The molecule has 2 N–H and O–H groups in total. The third kappa shape index (κ3) is 5.27. The number of anilines is 1. The van der Waals surface area contributed by atoms with Crippen LogP contribution in [0.15, 0.2) is 60.7 Å². The SMILES string of the molecule is O=C(NC(Cc1ccc(N2CCCCC2)c(Cl)c1Cl)C(=O)O)OCC1c2ccccc2-c2ccccc21. The zero-order chi connectivity index (χ0) is 25.9. The number of nitrogens with zero attached hydrogens (tertiary/aromatic N) is 1. The van der Waals surface area contributed by atoms with E-state index >= 15 is 0 Å². The molecule has 0 spiro atoms. The van der Waals surface area contributed by atoms with Crippen LogP contribution in [0.2, 0.25) is 10.0 Å². The summed E-state index contributed by atoms with van der Waals surface area (Å²) in [6, 6.07) is 18.5. The monoisotopic (exact) mass is 538 g/mol. The highest BCUT2D eigenvalue weighted by atomic mass is 35.5. The second-order valence-corrected chi connectivity index (χ2v) is 10.2. The average Bonchev–Trinajstić information content (AvgIpc) is 3.24. The maximum atomic E-state index is 12.7. The first-order chi connectivity index (χ1) is 17.9. The molecule has 0 radical (unpaired) electrons. The van der Waals surface area contributed by atoms with Crippen molar-refractivity contribution in [2.75, 3.05) is 24.6 Å². The van der Waals surface area contributed by atoms with Crippen LogP contribution in [0.5, 0.6) is 0 Å². The molecule has 37 heavy (non-hydrogen) atoms. The third-order valence-corrected chi connectivity index (χ3v) is 8.11. The second-order valence-electron chi connectivity index (χ2n) is 9.48. The number of nitrogens with one attached hydrogen (secondary N) is 1. The van der Waals surface area contributed by atoms with E-state index in [0.29, 0.717) is 15.6 Å². The largest absolute Gasteiger partial charge is 0.480 e. The highest BCUT2D eigenvalue weighted by Crippen LogP contribution is 2.44. The highest BCUT2D eigenvalue weighted by molar-refractivity contribution is 6.44. The molecule has 192 valence electrons. The summed E-state index contributed by atoms with van der Waals surface area (Å²) in [5.74, 6) is -1.29. The van der Waals surface area contributed by atoms with Gasteiger partial charge in [0, 0.05) is 25.4 Å². The molecule has 2 aliphatic rings. The van der Waals surface area contributed by atoms with E-state index in [4.69, 9.17) is 27.9 Å². The molecule has 1 amide bonds. The summed E-state index contributed by atoms with van der Waals surface area (Å²) in [6.07, 6.45) is 2.59. The van der Waals surface area contributed by atoms with E-state index in [1.807, 2.05) is 42.5 Å². The zero-order valence-electron chi connectivity index (χ0n) is 20.3. The normalized spacial score (nSPS) is 15.6. The number of aliphatic carboxylic acids is 1. The number of piperidine rings is 1. The van der Waals surface area contributed by atoms with Gasteiger partial charge in [-0.15, -0.1) is 0 Å². The molecule has 1 atom stereocenters. The maximum Gasteiger partial charge on any atom is 0.407 e. The molecule has 3 aromatic rings. The lowest BCUT2D eigenvalue weighted by molar-refractivity contribution is -0.139. The van der Waals surface area contributed by atoms with Crippen LogP contribution in [0, 0.1) is 0 Å². The van der Waals surface area contributed by atoms with Crippen molar-refractivity contribution in [2.24, 2.45) is 0 Å². The molecule has 3 aromatic carbocycles. The number of hydrogen-bond donors (Lipinski definition) is 2. The Morgan fingerprint density at radius 1 is 0.919 bits per heavy atom. The molecule has 6 nitrogen and oxygen atoms in total. The van der Waals surface area contributed by atoms with Gasteiger partial charge < -0.3 is 20.1 Å². The first kappa shape index (κ1) is 25.4. The predicted molar refractivity (Wildman–Crippen MR) is 146 cm³/mol. The van der Waals surface area contributed by atoms with Crippen LogP contribution in [0.1, 0.15) is 41.9 Å². The Morgan fingerprint density at radius 3 is 2.16 bits per heavy atom. The van der Waals surface area contributed by atoms with E-state index in [9.17, 15) is 14.7 Å². The van der Waals surface area contributed by atoms with Crippen molar-refractivity contribution in [1.29, 1.82) is 0 Å². The van der Waals surface area contributed by atoms with Gasteiger partial charge in [-0.25, -0.2) is 9.59 Å². The predicted octanol–water partition coefficient (Wildman–Crippen LogP) is 6.52. The number of ether oxygens (including phenoxy) is 1. The number of amides is 1. The van der Waals surface area contributed by atoms with Gasteiger partial charge in [0.25, 0.3) is 0 Å². The van der Waals surface area contributed by atoms with Crippen molar-refractivity contribution in [3.05, 3.63) is 87.4 Å². The smallest absolute Gasteiger partial charge is 0.407 e. The number of benzene rings is 3. The standard InChI is InChI=1S/C29H28Cl2N2O4/c30-26-18(12-13-25(27(26)31)33-14-6-1-7-15-33)16-24(28(34)35)32-29(36)37-17-23-21-10-4-2-8-19(21)20-9-3-5-11-22(20)23/h2-5,8-13,23-24H,1,6-7,14-17H2,(H,32,36)(H,34,35). The van der Waals surface area contributed by atoms with Crippen molar-refractivity contribution in [3.63, 3.8) is 0 Å². The van der Waals surface area contributed by atoms with Gasteiger partial charge in [-0.2, -0.15) is 0 Å². The first-order valence-corrected chi connectivity index (χ1v) is 13.3.